The van der Waals surface area contributed by atoms with E-state index in [0.717, 1.165) is 71.3 Å². The molecule has 1 saturated carbocycles. The van der Waals surface area contributed by atoms with Gasteiger partial charge in [0.1, 0.15) is 20.4 Å². The molecule has 3 atom stereocenters. The number of ether oxygens (including phenoxy) is 1. The average molecular weight is 920 g/mol. The highest BCUT2D eigenvalue weighted by Gasteiger charge is 2.42. The van der Waals surface area contributed by atoms with Gasteiger partial charge in [-0.1, -0.05) is 86.8 Å². The number of amides is 1. The molecule has 3 aromatic rings. The monoisotopic (exact) mass is 919 g/mol. The van der Waals surface area contributed by atoms with Gasteiger partial charge in [0.25, 0.3) is 11.5 Å². The number of aromatic nitrogens is 1. The highest BCUT2D eigenvalue weighted by atomic mass is 32.2. The van der Waals surface area contributed by atoms with Crippen LogP contribution in [-0.4, -0.2) is 67.6 Å². The number of aliphatic carboxylic acids is 2. The fraction of sp³-hybridized carbons (Fsp3) is 0.353. The number of carboxylic acids is 2. The molecule has 3 heterocycles. The van der Waals surface area contributed by atoms with Crippen molar-refractivity contribution in [1.82, 2.24) is 9.47 Å². The van der Waals surface area contributed by atoms with Crippen LogP contribution in [0.2, 0.25) is 0 Å². The number of thiazole rings is 1. The Balaban J connectivity index is 0.00000335. The van der Waals surface area contributed by atoms with Gasteiger partial charge < -0.3 is 19.8 Å². The summed E-state index contributed by atoms with van der Waals surface area (Å²) in [6.45, 7) is 16.6. The van der Waals surface area contributed by atoms with E-state index in [1.165, 1.54) is 42.9 Å². The zero-order valence-electron chi connectivity index (χ0n) is 37.2. The van der Waals surface area contributed by atoms with Crippen molar-refractivity contribution < 1.29 is 29.3 Å². The summed E-state index contributed by atoms with van der Waals surface area (Å²) in [4.78, 5) is 54.3. The van der Waals surface area contributed by atoms with Crippen LogP contribution in [0.15, 0.2) is 102 Å². The van der Waals surface area contributed by atoms with Crippen LogP contribution in [0.1, 0.15) is 101 Å². The molecule has 336 valence electrons. The van der Waals surface area contributed by atoms with E-state index in [1.807, 2.05) is 32.1 Å². The molecule has 2 fully saturated rings. The predicted molar refractivity (Wildman–Crippen MR) is 266 cm³/mol. The van der Waals surface area contributed by atoms with E-state index in [4.69, 9.17) is 22.1 Å². The van der Waals surface area contributed by atoms with Crippen LogP contribution < -0.4 is 19.7 Å². The van der Waals surface area contributed by atoms with Gasteiger partial charge in [0.15, 0.2) is 0 Å². The van der Waals surface area contributed by atoms with Crippen molar-refractivity contribution in [2.24, 2.45) is 5.92 Å². The minimum atomic E-state index is -1.17. The maximum absolute atomic E-state index is 13.8. The third-order valence-corrected chi connectivity index (χ3v) is 14.8. The first kappa shape index (κ1) is 48.1. The Morgan fingerprint density at radius 1 is 1.06 bits per heavy atom. The Labute approximate surface area is 389 Å². The molecule has 10 nitrogen and oxygen atoms in total. The molecule has 1 saturated heterocycles. The van der Waals surface area contributed by atoms with Crippen molar-refractivity contribution >= 4 is 91.0 Å². The lowest BCUT2D eigenvalue weighted by atomic mass is 9.96. The molecular weight excluding hydrogens is 863 g/mol. The first-order valence-electron chi connectivity index (χ1n) is 21.9. The van der Waals surface area contributed by atoms with E-state index < -0.39 is 24.0 Å². The number of carbonyl (C=O) groups is 3. The summed E-state index contributed by atoms with van der Waals surface area (Å²) in [5.41, 5.74) is 11.2. The number of nitrogens with zero attached hydrogens (tertiary/aromatic N) is 3. The van der Waals surface area contributed by atoms with Crippen molar-refractivity contribution in [3.05, 3.63) is 139 Å². The van der Waals surface area contributed by atoms with Crippen molar-refractivity contribution in [2.75, 3.05) is 24.7 Å². The Hall–Kier alpha value is -5.34. The number of thiocarbonyl (C=S) groups is 1. The van der Waals surface area contributed by atoms with Crippen LogP contribution in [0.25, 0.3) is 22.1 Å². The van der Waals surface area contributed by atoms with Gasteiger partial charge in [-0.2, -0.15) is 0 Å². The maximum atomic E-state index is 13.8. The fourth-order valence-electron chi connectivity index (χ4n) is 9.08. The molecule has 2 aliphatic heterocycles. The number of thioether (sulfide) groups is 1. The van der Waals surface area contributed by atoms with Crippen LogP contribution in [-0.2, 0) is 25.7 Å². The minimum absolute atomic E-state index is 0.283. The van der Waals surface area contributed by atoms with Crippen molar-refractivity contribution in [3.8, 4) is 0 Å². The van der Waals surface area contributed by atoms with Crippen LogP contribution in [0.4, 0.5) is 11.4 Å². The highest BCUT2D eigenvalue weighted by Crippen LogP contribution is 2.54. The minimum Gasteiger partial charge on any atom is -0.481 e. The number of hydrogen-bond acceptors (Lipinski definition) is 9. The summed E-state index contributed by atoms with van der Waals surface area (Å²) >= 11 is 7.66. The predicted octanol–water partition coefficient (Wildman–Crippen LogP) is 9.56. The molecule has 2 N–H and O–H groups in total. The number of allylic oxidation sites excluding steroid dienone is 9. The second-order valence-electron chi connectivity index (χ2n) is 15.9. The summed E-state index contributed by atoms with van der Waals surface area (Å²) in [6, 6.07) is 13.5. The fourth-order valence-corrected chi connectivity index (χ4v) is 11.7. The largest absolute Gasteiger partial charge is 0.481 e. The van der Waals surface area contributed by atoms with E-state index in [0.29, 0.717) is 52.0 Å². The molecule has 2 aliphatic carbocycles. The number of benzene rings is 2. The number of fused-ring (bicyclic) bond motifs is 4. The van der Waals surface area contributed by atoms with E-state index in [1.54, 1.807) is 6.92 Å². The molecule has 64 heavy (non-hydrogen) atoms. The molecule has 0 spiro atoms. The van der Waals surface area contributed by atoms with Crippen LogP contribution in [0.5, 0.6) is 0 Å². The molecule has 0 bridgehead atoms. The van der Waals surface area contributed by atoms with E-state index in [9.17, 15) is 24.3 Å². The van der Waals surface area contributed by atoms with Gasteiger partial charge in [0.2, 0.25) is 0 Å². The smallest absolute Gasteiger partial charge is 0.323 e. The average Bonchev–Trinajstić information content (AvgIpc) is 4.08. The number of carboxylic acid groups (broad SMARTS) is 2. The number of anilines is 2. The molecule has 1 aromatic heterocycles. The number of hydrogen-bond donors (Lipinski definition) is 2. The van der Waals surface area contributed by atoms with E-state index >= 15 is 0 Å². The molecular formula is C51H57N3O7S3. The normalized spacial score (nSPS) is 20.5. The van der Waals surface area contributed by atoms with Crippen LogP contribution >= 0.6 is 35.3 Å². The molecule has 7 rings (SSSR count). The lowest BCUT2D eigenvalue weighted by Crippen LogP contribution is -2.35. The summed E-state index contributed by atoms with van der Waals surface area (Å²) in [7, 11) is 0. The first-order valence-corrected chi connectivity index (χ1v) is 23.9. The SMILES string of the molecule is C/C=C\C1=C(CC)C(=C/C(/C=C\COCCCC(C)C(=O)O)=C/C)\c2cc(N3c4ccc(/C=c5\s/c(=C6/SC(=S)N(CC)C6=O)n(CC(=O)O)c5=O)cc4C4CCCC43)ccc21.C=C. The summed E-state index contributed by atoms with van der Waals surface area (Å²) < 4.78 is 8.04. The Bertz CT molecular complexity index is 2680. The standard InChI is InChI=1S/C49H53N3O7S3.C2H4/c1-6-13-34-33(8-3)37(24-30(7-2)15-12-23-59-22-11-14-29(5)48(57)58)38-27-32(19-20-35(34)38)52-40-17-10-16-36(40)39-25-31(18-21-41(39)52)26-42-45(55)51(28-43(53)54)47(61-42)44-46(56)50(9-4)49(60)62-44;1-2/h6-7,12-13,15,18-21,24-27,29,36,40H,8-11,14,16-17,22-23,28H2,1-5H3,(H,53,54)(H,57,58);1-2H2/b13-6-,15-12-,30-7+,37-24+,42-26-,47-44+;. The molecule has 4 aliphatic rings. The summed E-state index contributed by atoms with van der Waals surface area (Å²) in [6.07, 6.45) is 20.0. The van der Waals surface area contributed by atoms with E-state index in [-0.39, 0.29) is 22.8 Å². The zero-order chi connectivity index (χ0) is 46.2. The van der Waals surface area contributed by atoms with Crippen LogP contribution in [0.3, 0.4) is 0 Å². The third kappa shape index (κ3) is 9.83. The Morgan fingerprint density at radius 2 is 1.84 bits per heavy atom. The number of rotatable bonds is 16. The summed E-state index contributed by atoms with van der Waals surface area (Å²) in [5.74, 6) is -2.31. The topological polar surface area (TPSA) is 129 Å². The van der Waals surface area contributed by atoms with Gasteiger partial charge in [-0.25, -0.2) is 0 Å². The second kappa shape index (κ2) is 21.6. The molecule has 0 radical (unpaired) electrons. The summed E-state index contributed by atoms with van der Waals surface area (Å²) in [5, 5.41) is 18.9. The van der Waals surface area contributed by atoms with Gasteiger partial charge in [-0.15, -0.1) is 24.5 Å². The highest BCUT2D eigenvalue weighted by molar-refractivity contribution is 8.30. The zero-order valence-corrected chi connectivity index (χ0v) is 39.7. The van der Waals surface area contributed by atoms with Gasteiger partial charge in [-0.05, 0) is 134 Å². The van der Waals surface area contributed by atoms with Gasteiger partial charge in [0.05, 0.1) is 17.1 Å². The lowest BCUT2D eigenvalue weighted by Gasteiger charge is -2.28. The Morgan fingerprint density at radius 3 is 2.52 bits per heavy atom. The molecule has 3 unspecified atom stereocenters. The lowest BCUT2D eigenvalue weighted by molar-refractivity contribution is -0.141. The molecule has 13 heteroatoms. The Kier molecular flexibility index (Phi) is 16.2. The van der Waals surface area contributed by atoms with Gasteiger partial charge >= 0.3 is 11.9 Å². The molecule has 2 aromatic carbocycles. The van der Waals surface area contributed by atoms with Crippen molar-refractivity contribution in [3.63, 3.8) is 0 Å². The van der Waals surface area contributed by atoms with Crippen molar-refractivity contribution in [1.29, 1.82) is 0 Å². The number of carbonyl (C=O) groups excluding carboxylic acids is 1. The second-order valence-corrected chi connectivity index (χ2v) is 18.6. The van der Waals surface area contributed by atoms with Gasteiger partial charge in [-0.3, -0.25) is 28.6 Å². The molecule has 1 amide bonds. The first-order chi connectivity index (χ1) is 30.9. The van der Waals surface area contributed by atoms with Crippen molar-refractivity contribution in [2.45, 2.75) is 91.6 Å². The maximum Gasteiger partial charge on any atom is 0.323 e. The van der Waals surface area contributed by atoms with Gasteiger partial charge in [0, 0.05) is 36.5 Å². The van der Waals surface area contributed by atoms with Crippen LogP contribution in [0, 0.1) is 5.92 Å². The quantitative estimate of drug-likeness (QED) is 0.0621. The van der Waals surface area contributed by atoms with E-state index in [2.05, 4.69) is 92.6 Å². The third-order valence-electron chi connectivity index (χ3n) is 12.1.